The molecule has 0 unspecified atom stereocenters. The Bertz CT molecular complexity index is 1910. The van der Waals surface area contributed by atoms with Crippen LogP contribution in [-0.4, -0.2) is 207 Å². The van der Waals surface area contributed by atoms with Crippen molar-refractivity contribution in [1.29, 1.82) is 0 Å². The van der Waals surface area contributed by atoms with Crippen molar-refractivity contribution in [3.8, 4) is 11.5 Å². The van der Waals surface area contributed by atoms with Crippen LogP contribution in [-0.2, 0) is 30.4 Å². The molecule has 0 radical (unpaired) electrons. The maximum Gasteiger partial charge on any atom is 0.317 e. The number of carbonyl (C=O) groups excluding carboxylic acids is 2. The number of amides is 2. The number of aryl methyl sites for hydroxylation is 1. The van der Waals surface area contributed by atoms with E-state index in [-0.39, 0.29) is 43.7 Å². The van der Waals surface area contributed by atoms with Gasteiger partial charge >= 0.3 is 17.9 Å². The Hall–Kier alpha value is -5.60. The highest BCUT2D eigenvalue weighted by atomic mass is 16.5. The Morgan fingerprint density at radius 1 is 0.708 bits per heavy atom. The van der Waals surface area contributed by atoms with Gasteiger partial charge in [-0.05, 0) is 87.1 Å². The summed E-state index contributed by atoms with van der Waals surface area (Å²) in [6, 6.07) is 11.6. The van der Waals surface area contributed by atoms with E-state index in [9.17, 15) is 39.3 Å². The number of primary amides is 1. The molecule has 1 heterocycles. The fourth-order valence-electron chi connectivity index (χ4n) is 7.56. The van der Waals surface area contributed by atoms with E-state index < -0.39 is 23.8 Å². The van der Waals surface area contributed by atoms with Crippen molar-refractivity contribution in [1.82, 2.24) is 29.4 Å². The van der Waals surface area contributed by atoms with E-state index >= 15 is 0 Å². The van der Waals surface area contributed by atoms with E-state index in [1.165, 1.54) is 11.6 Å². The predicted molar refractivity (Wildman–Crippen MR) is 249 cm³/mol. The number of allylic oxidation sites excluding steroid dienone is 1. The molecular formula is C46H71N9O10. The van der Waals surface area contributed by atoms with Crippen LogP contribution >= 0.6 is 0 Å². The summed E-state index contributed by atoms with van der Waals surface area (Å²) < 4.78 is 11.3. The van der Waals surface area contributed by atoms with Crippen LogP contribution in [0.5, 0.6) is 11.5 Å². The SMILES string of the molecule is COc1cccc(OC)c1C(C=C(N)C(N)=O)=Nc1ccc(CCCCN(C)CCCN(C)C(=O)CN2CCN(CC(=O)O)CCN(CC(=O)O)CCN(CC(=O)O)CC2)cc1C(C)C. The Morgan fingerprint density at radius 2 is 1.18 bits per heavy atom. The maximum atomic E-state index is 13.4. The van der Waals surface area contributed by atoms with Gasteiger partial charge in [-0.1, -0.05) is 32.0 Å². The summed E-state index contributed by atoms with van der Waals surface area (Å²) in [7, 11) is 6.93. The highest BCUT2D eigenvalue weighted by molar-refractivity contribution is 6.16. The van der Waals surface area contributed by atoms with Crippen LogP contribution in [0.4, 0.5) is 5.69 Å². The zero-order chi connectivity index (χ0) is 48.1. The van der Waals surface area contributed by atoms with Gasteiger partial charge in [0, 0.05) is 66.0 Å². The molecule has 2 aromatic rings. The number of ether oxygens (including phenoxy) is 2. The molecule has 2 amide bonds. The number of rotatable bonds is 24. The number of hydrogen-bond donors (Lipinski definition) is 5. The molecule has 3 rings (SSSR count). The van der Waals surface area contributed by atoms with Gasteiger partial charge in [-0.25, -0.2) is 4.99 Å². The standard InChI is InChI=1S/C46H71N9O10/c1-33(2)35-27-34(14-15-37(35)49-38(28-36(47)46(48)63)45-39(64-5)12-9-13-40(45)65-6)11-7-8-16-50(3)17-10-18-51(4)41(56)29-52-19-21-53(30-42(57)58)23-25-55(32-44(61)62)26-24-54(22-20-52)31-43(59)60/h9,12-15,27-28,33H,7-8,10-11,16-26,29-32,47H2,1-6H3,(H2,48,63)(H,57,58)(H,59,60)(H,61,62). The van der Waals surface area contributed by atoms with Crippen LogP contribution in [0.15, 0.2) is 53.2 Å². The van der Waals surface area contributed by atoms with Gasteiger partial charge in [-0.15, -0.1) is 0 Å². The van der Waals surface area contributed by atoms with Gasteiger partial charge < -0.3 is 46.1 Å². The first-order valence-electron chi connectivity index (χ1n) is 22.1. The fraction of sp³-hybridized carbons (Fsp3) is 0.565. The molecule has 1 fully saturated rings. The molecule has 1 saturated heterocycles. The second kappa shape index (κ2) is 27.7. The van der Waals surface area contributed by atoms with E-state index in [1.54, 1.807) is 59.1 Å². The Labute approximate surface area is 383 Å². The van der Waals surface area contributed by atoms with Crippen LogP contribution in [0, 0.1) is 0 Å². The number of aliphatic carboxylic acids is 3. The molecule has 0 spiro atoms. The number of nitrogens with two attached hydrogens (primary N) is 2. The molecule has 0 aromatic heterocycles. The van der Waals surface area contributed by atoms with Crippen molar-refractivity contribution >= 4 is 41.1 Å². The summed E-state index contributed by atoms with van der Waals surface area (Å²) >= 11 is 0. The second-order valence-electron chi connectivity index (χ2n) is 16.8. The lowest BCUT2D eigenvalue weighted by atomic mass is 9.96. The smallest absolute Gasteiger partial charge is 0.317 e. The number of likely N-dealkylation sites (N-methyl/N-ethyl adjacent to an activating group) is 1. The molecule has 1 aliphatic rings. The summed E-state index contributed by atoms with van der Waals surface area (Å²) in [5, 5.41) is 28.4. The molecule has 7 N–H and O–H groups in total. The van der Waals surface area contributed by atoms with Gasteiger partial charge in [0.2, 0.25) is 5.91 Å². The van der Waals surface area contributed by atoms with Crippen LogP contribution < -0.4 is 20.9 Å². The average Bonchev–Trinajstić information content (AvgIpc) is 3.24. The number of hydrogen-bond acceptors (Lipinski definition) is 14. The normalized spacial score (nSPS) is 15.6. The number of aliphatic imine (C=N–C) groups is 1. The number of methoxy groups -OCH3 is 2. The first kappa shape index (κ1) is 53.7. The fourth-order valence-corrected chi connectivity index (χ4v) is 7.56. The quantitative estimate of drug-likeness (QED) is 0.0573. The summed E-state index contributed by atoms with van der Waals surface area (Å²) in [5.74, 6) is -2.72. The van der Waals surface area contributed by atoms with Crippen molar-refractivity contribution in [3.63, 3.8) is 0 Å². The van der Waals surface area contributed by atoms with Crippen LogP contribution in [0.25, 0.3) is 0 Å². The molecular weight excluding hydrogens is 839 g/mol. The van der Waals surface area contributed by atoms with Gasteiger partial charge in [0.05, 0.1) is 63.1 Å². The second-order valence-corrected chi connectivity index (χ2v) is 16.8. The molecule has 0 atom stereocenters. The third-order valence-corrected chi connectivity index (χ3v) is 11.3. The van der Waals surface area contributed by atoms with Gasteiger partial charge in [0.25, 0.3) is 5.91 Å². The third-order valence-electron chi connectivity index (χ3n) is 11.3. The van der Waals surface area contributed by atoms with Crippen LogP contribution in [0.2, 0.25) is 0 Å². The van der Waals surface area contributed by atoms with Crippen molar-refractivity contribution in [3.05, 3.63) is 64.9 Å². The lowest BCUT2D eigenvalue weighted by Crippen LogP contribution is -2.50. The van der Waals surface area contributed by atoms with E-state index in [1.807, 2.05) is 11.0 Å². The zero-order valence-corrected chi connectivity index (χ0v) is 39.0. The average molecular weight is 910 g/mol. The van der Waals surface area contributed by atoms with E-state index in [4.69, 9.17) is 25.9 Å². The molecule has 0 aliphatic carbocycles. The summed E-state index contributed by atoms with van der Waals surface area (Å²) in [4.78, 5) is 76.2. The topological polar surface area (TPSA) is 248 Å². The third kappa shape index (κ3) is 19.2. The number of benzene rings is 2. The Balaban J connectivity index is 1.57. The Morgan fingerprint density at radius 3 is 1.63 bits per heavy atom. The molecule has 360 valence electrons. The molecule has 0 saturated carbocycles. The minimum absolute atomic E-state index is 0.0820. The van der Waals surface area contributed by atoms with Gasteiger partial charge in [-0.3, -0.25) is 43.6 Å². The summed E-state index contributed by atoms with van der Waals surface area (Å²) in [5.41, 5.74) is 15.2. The van der Waals surface area contributed by atoms with Crippen molar-refractivity contribution in [2.75, 3.05) is 126 Å². The number of carboxylic acid groups (broad SMARTS) is 3. The van der Waals surface area contributed by atoms with E-state index in [2.05, 4.69) is 37.9 Å². The number of carboxylic acids is 3. The van der Waals surface area contributed by atoms with Crippen LogP contribution in [0.1, 0.15) is 55.7 Å². The molecule has 65 heavy (non-hydrogen) atoms. The van der Waals surface area contributed by atoms with Crippen molar-refractivity contribution < 1.29 is 48.8 Å². The largest absolute Gasteiger partial charge is 0.496 e. The molecule has 0 bridgehead atoms. The first-order valence-corrected chi connectivity index (χ1v) is 22.1. The minimum atomic E-state index is -1.01. The van der Waals surface area contributed by atoms with Crippen molar-refractivity contribution in [2.24, 2.45) is 16.5 Å². The lowest BCUT2D eigenvalue weighted by molar-refractivity contribution is -0.140. The number of carbonyl (C=O) groups is 5. The molecule has 19 nitrogen and oxygen atoms in total. The maximum absolute atomic E-state index is 13.4. The number of nitrogens with zero attached hydrogens (tertiary/aromatic N) is 7. The first-order chi connectivity index (χ1) is 30.9. The number of unbranched alkanes of at least 4 members (excludes halogenated alkanes) is 1. The molecule has 1 aliphatic heterocycles. The molecule has 19 heteroatoms. The van der Waals surface area contributed by atoms with Gasteiger partial charge in [-0.2, -0.15) is 0 Å². The van der Waals surface area contributed by atoms with Gasteiger partial charge in [0.15, 0.2) is 0 Å². The minimum Gasteiger partial charge on any atom is -0.496 e. The van der Waals surface area contributed by atoms with Crippen molar-refractivity contribution in [2.45, 2.75) is 45.4 Å². The zero-order valence-electron chi connectivity index (χ0n) is 39.0. The predicted octanol–water partition coefficient (Wildman–Crippen LogP) is 1.85. The van der Waals surface area contributed by atoms with Crippen LogP contribution in [0.3, 0.4) is 0 Å². The van der Waals surface area contributed by atoms with Gasteiger partial charge in [0.1, 0.15) is 11.5 Å². The highest BCUT2D eigenvalue weighted by Gasteiger charge is 2.23. The Kier molecular flexibility index (Phi) is 22.9. The summed E-state index contributed by atoms with van der Waals surface area (Å²) in [6.07, 6.45) is 5.03. The molecule has 2 aromatic carbocycles. The lowest BCUT2D eigenvalue weighted by Gasteiger charge is -2.33. The highest BCUT2D eigenvalue weighted by Crippen LogP contribution is 2.34. The summed E-state index contributed by atoms with van der Waals surface area (Å²) in [6.45, 7) is 8.58. The monoisotopic (exact) mass is 910 g/mol. The van der Waals surface area contributed by atoms with E-state index in [0.29, 0.717) is 81.7 Å². The van der Waals surface area contributed by atoms with E-state index in [0.717, 1.165) is 50.0 Å².